The van der Waals surface area contributed by atoms with E-state index in [0.717, 1.165) is 12.0 Å². The van der Waals surface area contributed by atoms with E-state index in [4.69, 9.17) is 16.3 Å². The molecule has 0 radical (unpaired) electrons. The first-order valence-corrected chi connectivity index (χ1v) is 5.15. The van der Waals surface area contributed by atoms with Crippen LogP contribution >= 0.6 is 11.6 Å². The summed E-state index contributed by atoms with van der Waals surface area (Å²) in [4.78, 5) is 11.4. The summed E-state index contributed by atoms with van der Waals surface area (Å²) in [7, 11) is 0. The monoisotopic (exact) mass is 224 g/mol. The Morgan fingerprint density at radius 3 is 2.53 bits per heavy atom. The zero-order valence-electron chi connectivity index (χ0n) is 8.63. The van der Waals surface area contributed by atoms with Crippen LogP contribution < -0.4 is 0 Å². The van der Waals surface area contributed by atoms with Gasteiger partial charge in [0.05, 0.1) is 12.2 Å². The van der Waals surface area contributed by atoms with Crippen LogP contribution in [0.2, 0.25) is 5.02 Å². The van der Waals surface area contributed by atoms with Crippen molar-refractivity contribution < 1.29 is 9.53 Å². The van der Waals surface area contributed by atoms with Crippen LogP contribution in [0, 0.1) is 0 Å². The van der Waals surface area contributed by atoms with E-state index in [1.165, 1.54) is 0 Å². The van der Waals surface area contributed by atoms with Gasteiger partial charge in [-0.25, -0.2) is 4.79 Å². The first-order chi connectivity index (χ1) is 7.15. The van der Waals surface area contributed by atoms with Crippen molar-refractivity contribution in [3.8, 4) is 0 Å². The third kappa shape index (κ3) is 3.40. The Labute approximate surface area is 94.5 Å². The van der Waals surface area contributed by atoms with Crippen LogP contribution in [0.15, 0.2) is 30.8 Å². The molecule has 0 aliphatic carbocycles. The number of ether oxygens (including phenoxy) is 1. The van der Waals surface area contributed by atoms with Crippen LogP contribution in [-0.2, 0) is 9.53 Å². The lowest BCUT2D eigenvalue weighted by atomic mass is 10.1. The number of benzene rings is 1. The number of rotatable bonds is 4. The minimum absolute atomic E-state index is 0.361. The molecule has 0 atom stereocenters. The number of halogens is 1. The highest BCUT2D eigenvalue weighted by molar-refractivity contribution is 6.30. The van der Waals surface area contributed by atoms with Crippen LogP contribution in [0.25, 0.3) is 5.57 Å². The molecule has 1 aromatic rings. The van der Waals surface area contributed by atoms with E-state index in [9.17, 15) is 4.79 Å². The molecule has 0 bridgehead atoms. The van der Waals surface area contributed by atoms with Gasteiger partial charge in [-0.1, -0.05) is 37.2 Å². The fourth-order valence-corrected chi connectivity index (χ4v) is 1.18. The first kappa shape index (κ1) is 11.8. The largest absolute Gasteiger partial charge is 0.462 e. The molecular weight excluding hydrogens is 212 g/mol. The summed E-state index contributed by atoms with van der Waals surface area (Å²) >= 11 is 5.73. The predicted molar refractivity (Wildman–Crippen MR) is 61.7 cm³/mol. The molecule has 0 N–H and O–H groups in total. The maximum absolute atomic E-state index is 11.4. The average Bonchev–Trinajstić information content (AvgIpc) is 2.26. The SMILES string of the molecule is C=C(C(=O)OCCC)c1ccc(Cl)cc1. The fourth-order valence-electron chi connectivity index (χ4n) is 1.05. The van der Waals surface area contributed by atoms with Crippen molar-refractivity contribution in [1.29, 1.82) is 0 Å². The third-order valence-electron chi connectivity index (χ3n) is 1.88. The number of carbonyl (C=O) groups excluding carboxylic acids is 1. The van der Waals surface area contributed by atoms with Crippen molar-refractivity contribution in [3.05, 3.63) is 41.4 Å². The van der Waals surface area contributed by atoms with E-state index in [1.807, 2.05) is 6.92 Å². The second-order valence-corrected chi connectivity index (χ2v) is 3.56. The molecule has 0 aliphatic rings. The average molecular weight is 225 g/mol. The zero-order valence-corrected chi connectivity index (χ0v) is 9.38. The Hall–Kier alpha value is -1.28. The van der Waals surface area contributed by atoms with Gasteiger partial charge < -0.3 is 4.74 Å². The molecule has 0 aliphatic heterocycles. The molecular formula is C12H13ClO2. The molecule has 0 saturated heterocycles. The van der Waals surface area contributed by atoms with Gasteiger partial charge in [0, 0.05) is 5.02 Å². The lowest BCUT2D eigenvalue weighted by Crippen LogP contribution is -2.06. The second kappa shape index (κ2) is 5.56. The molecule has 15 heavy (non-hydrogen) atoms. The van der Waals surface area contributed by atoms with Crippen molar-refractivity contribution in [2.45, 2.75) is 13.3 Å². The lowest BCUT2D eigenvalue weighted by molar-refractivity contribution is -0.136. The van der Waals surface area contributed by atoms with E-state index >= 15 is 0 Å². The molecule has 0 amide bonds. The van der Waals surface area contributed by atoms with Crippen molar-refractivity contribution in [1.82, 2.24) is 0 Å². The van der Waals surface area contributed by atoms with Crippen molar-refractivity contribution in [2.24, 2.45) is 0 Å². The van der Waals surface area contributed by atoms with Gasteiger partial charge >= 0.3 is 5.97 Å². The van der Waals surface area contributed by atoms with E-state index in [2.05, 4.69) is 6.58 Å². The van der Waals surface area contributed by atoms with E-state index in [0.29, 0.717) is 17.2 Å². The maximum atomic E-state index is 11.4. The Morgan fingerprint density at radius 1 is 1.40 bits per heavy atom. The van der Waals surface area contributed by atoms with E-state index < -0.39 is 0 Å². The van der Waals surface area contributed by atoms with Crippen LogP contribution in [0.5, 0.6) is 0 Å². The van der Waals surface area contributed by atoms with E-state index in [-0.39, 0.29) is 5.97 Å². The summed E-state index contributed by atoms with van der Waals surface area (Å²) in [5, 5.41) is 0.633. The summed E-state index contributed by atoms with van der Waals surface area (Å²) in [6.07, 6.45) is 0.805. The van der Waals surface area contributed by atoms with Gasteiger partial charge in [-0.3, -0.25) is 0 Å². The number of esters is 1. The molecule has 2 nitrogen and oxygen atoms in total. The van der Waals surface area contributed by atoms with Crippen molar-refractivity contribution in [3.63, 3.8) is 0 Å². The summed E-state index contributed by atoms with van der Waals surface area (Å²) in [5.41, 5.74) is 1.10. The molecule has 1 rings (SSSR count). The van der Waals surface area contributed by atoms with Gasteiger partial charge in [-0.15, -0.1) is 0 Å². The summed E-state index contributed by atoms with van der Waals surface area (Å²) < 4.78 is 4.97. The molecule has 0 aromatic heterocycles. The molecule has 1 aromatic carbocycles. The molecule has 0 heterocycles. The Balaban J connectivity index is 2.68. The van der Waals surface area contributed by atoms with Gasteiger partial charge in [-0.05, 0) is 24.1 Å². The molecule has 0 fully saturated rings. The van der Waals surface area contributed by atoms with Crippen LogP contribution in [0.3, 0.4) is 0 Å². The number of carbonyl (C=O) groups is 1. The summed E-state index contributed by atoms with van der Waals surface area (Å²) in [5.74, 6) is -0.376. The molecule has 0 unspecified atom stereocenters. The predicted octanol–water partition coefficient (Wildman–Crippen LogP) is 3.31. The normalized spacial score (nSPS) is 9.73. The van der Waals surface area contributed by atoms with Crippen molar-refractivity contribution >= 4 is 23.1 Å². The quantitative estimate of drug-likeness (QED) is 0.580. The third-order valence-corrected chi connectivity index (χ3v) is 2.13. The molecule has 0 saturated carbocycles. The van der Waals surface area contributed by atoms with Crippen LogP contribution in [-0.4, -0.2) is 12.6 Å². The summed E-state index contributed by atoms with van der Waals surface area (Å²) in [6, 6.07) is 6.93. The number of hydrogen-bond acceptors (Lipinski definition) is 2. The molecule has 3 heteroatoms. The highest BCUT2D eigenvalue weighted by Crippen LogP contribution is 2.17. The van der Waals surface area contributed by atoms with Gasteiger partial charge in [0.2, 0.25) is 0 Å². The lowest BCUT2D eigenvalue weighted by Gasteiger charge is -2.05. The van der Waals surface area contributed by atoms with Gasteiger partial charge in [0.15, 0.2) is 0 Å². The summed E-state index contributed by atoms with van der Waals surface area (Å²) in [6.45, 7) is 6.05. The maximum Gasteiger partial charge on any atom is 0.338 e. The van der Waals surface area contributed by atoms with Gasteiger partial charge in [0.1, 0.15) is 0 Å². The van der Waals surface area contributed by atoms with E-state index in [1.54, 1.807) is 24.3 Å². The molecule has 80 valence electrons. The van der Waals surface area contributed by atoms with Gasteiger partial charge in [-0.2, -0.15) is 0 Å². The topological polar surface area (TPSA) is 26.3 Å². The highest BCUT2D eigenvalue weighted by Gasteiger charge is 2.09. The zero-order chi connectivity index (χ0) is 11.3. The number of hydrogen-bond donors (Lipinski definition) is 0. The fraction of sp³-hybridized carbons (Fsp3) is 0.250. The van der Waals surface area contributed by atoms with Crippen LogP contribution in [0.4, 0.5) is 0 Å². The van der Waals surface area contributed by atoms with Crippen molar-refractivity contribution in [2.75, 3.05) is 6.61 Å². The molecule has 0 spiro atoms. The minimum atomic E-state index is -0.376. The van der Waals surface area contributed by atoms with Gasteiger partial charge in [0.25, 0.3) is 0 Å². The Morgan fingerprint density at radius 2 is 2.00 bits per heavy atom. The first-order valence-electron chi connectivity index (χ1n) is 4.77. The Bertz CT molecular complexity index is 354. The smallest absolute Gasteiger partial charge is 0.338 e. The Kier molecular flexibility index (Phi) is 4.37. The van der Waals surface area contributed by atoms with Crippen LogP contribution in [0.1, 0.15) is 18.9 Å². The minimum Gasteiger partial charge on any atom is -0.462 e. The standard InChI is InChI=1S/C12H13ClO2/c1-3-8-15-12(14)9(2)10-4-6-11(13)7-5-10/h4-7H,2-3,8H2,1H3. The highest BCUT2D eigenvalue weighted by atomic mass is 35.5. The second-order valence-electron chi connectivity index (χ2n) is 3.12.